The molecule has 0 aliphatic heterocycles. The number of phenols is 2. The van der Waals surface area contributed by atoms with E-state index < -0.39 is 11.8 Å². The number of nitrogens with one attached hydrogen (secondary N) is 2. The van der Waals surface area contributed by atoms with Crippen LogP contribution in [-0.4, -0.2) is 22.0 Å². The van der Waals surface area contributed by atoms with Crippen LogP contribution in [0.3, 0.4) is 0 Å². The number of hydrogen-bond donors (Lipinski definition) is 4. The summed E-state index contributed by atoms with van der Waals surface area (Å²) >= 11 is 0. The first kappa shape index (κ1) is 28.8. The lowest BCUT2D eigenvalue weighted by Gasteiger charge is -2.11. The molecule has 6 nitrogen and oxygen atoms in total. The van der Waals surface area contributed by atoms with Gasteiger partial charge in [0.1, 0.15) is 11.5 Å². The summed E-state index contributed by atoms with van der Waals surface area (Å²) in [7, 11) is 0. The first-order valence-electron chi connectivity index (χ1n) is 13.8. The number of hydrogen-bond acceptors (Lipinski definition) is 4. The van der Waals surface area contributed by atoms with E-state index in [0.717, 1.165) is 49.7 Å². The molecule has 0 heterocycles. The monoisotopic (exact) mass is 516 g/mol. The predicted octanol–water partition coefficient (Wildman–Crippen LogP) is 7.85. The molecule has 0 spiro atoms. The van der Waals surface area contributed by atoms with E-state index in [-0.39, 0.29) is 22.6 Å². The van der Waals surface area contributed by atoms with Crippen molar-refractivity contribution in [2.75, 3.05) is 10.6 Å². The summed E-state index contributed by atoms with van der Waals surface area (Å²) in [4.78, 5) is 25.4. The number of anilines is 2. The largest absolute Gasteiger partial charge is 0.507 e. The number of phenolic OH excluding ortho intramolecular Hbond substituents is 2. The lowest BCUT2D eigenvalue weighted by Crippen LogP contribution is -2.13. The Hall–Kier alpha value is -3.80. The van der Waals surface area contributed by atoms with E-state index in [1.807, 2.05) is 12.1 Å². The predicted molar refractivity (Wildman–Crippen MR) is 154 cm³/mol. The first-order valence-corrected chi connectivity index (χ1v) is 13.8. The van der Waals surface area contributed by atoms with Gasteiger partial charge in [-0.2, -0.15) is 0 Å². The van der Waals surface area contributed by atoms with Crippen molar-refractivity contribution in [1.29, 1.82) is 0 Å². The molecule has 0 unspecified atom stereocenters. The highest BCUT2D eigenvalue weighted by Gasteiger charge is 2.14. The zero-order valence-electron chi connectivity index (χ0n) is 22.6. The Morgan fingerprint density at radius 2 is 0.974 bits per heavy atom. The van der Waals surface area contributed by atoms with Gasteiger partial charge in [0, 0.05) is 11.4 Å². The smallest absolute Gasteiger partial charge is 0.259 e. The van der Waals surface area contributed by atoms with Crippen molar-refractivity contribution in [3.05, 3.63) is 82.9 Å². The van der Waals surface area contributed by atoms with Gasteiger partial charge < -0.3 is 20.8 Å². The second kappa shape index (κ2) is 14.8. The molecule has 0 atom stereocenters. The average Bonchev–Trinajstić information content (AvgIpc) is 2.90. The molecule has 3 rings (SSSR count). The van der Waals surface area contributed by atoms with Gasteiger partial charge in [-0.05, 0) is 85.3 Å². The topological polar surface area (TPSA) is 98.7 Å². The second-order valence-electron chi connectivity index (χ2n) is 9.81. The minimum atomic E-state index is -0.406. The highest BCUT2D eigenvalue weighted by molar-refractivity contribution is 6.07. The zero-order valence-corrected chi connectivity index (χ0v) is 22.6. The van der Waals surface area contributed by atoms with Gasteiger partial charge in [-0.1, -0.05) is 64.5 Å². The highest BCUT2D eigenvalue weighted by atomic mass is 16.3. The third-order valence-corrected chi connectivity index (χ3v) is 6.65. The van der Waals surface area contributed by atoms with Gasteiger partial charge in [0.25, 0.3) is 11.8 Å². The fourth-order valence-corrected chi connectivity index (χ4v) is 4.40. The third kappa shape index (κ3) is 8.65. The maximum Gasteiger partial charge on any atom is 0.259 e. The van der Waals surface area contributed by atoms with Gasteiger partial charge in [0.15, 0.2) is 0 Å². The van der Waals surface area contributed by atoms with Gasteiger partial charge in [0.2, 0.25) is 0 Å². The molecule has 0 bridgehead atoms. The number of aromatic hydroxyl groups is 2. The zero-order chi connectivity index (χ0) is 27.3. The average molecular weight is 517 g/mol. The molecule has 3 aromatic rings. The molecule has 38 heavy (non-hydrogen) atoms. The molecule has 4 N–H and O–H groups in total. The molecule has 0 radical (unpaired) electrons. The summed E-state index contributed by atoms with van der Waals surface area (Å²) < 4.78 is 0. The number of rotatable bonds is 14. The molecule has 0 saturated heterocycles. The summed E-state index contributed by atoms with van der Waals surface area (Å²) in [5.41, 5.74) is 3.52. The van der Waals surface area contributed by atoms with Crippen LogP contribution in [0.2, 0.25) is 0 Å². The fourth-order valence-electron chi connectivity index (χ4n) is 4.40. The van der Waals surface area contributed by atoms with Crippen molar-refractivity contribution in [1.82, 2.24) is 0 Å². The van der Waals surface area contributed by atoms with Crippen molar-refractivity contribution >= 4 is 23.2 Å². The Morgan fingerprint density at radius 3 is 1.32 bits per heavy atom. The highest BCUT2D eigenvalue weighted by Crippen LogP contribution is 2.24. The molecule has 3 aromatic carbocycles. The Balaban J connectivity index is 1.54. The molecule has 0 aliphatic rings. The van der Waals surface area contributed by atoms with Crippen molar-refractivity contribution in [3.63, 3.8) is 0 Å². The third-order valence-electron chi connectivity index (χ3n) is 6.65. The van der Waals surface area contributed by atoms with Crippen LogP contribution in [0, 0.1) is 0 Å². The van der Waals surface area contributed by atoms with Crippen molar-refractivity contribution in [2.45, 2.75) is 78.1 Å². The number of amides is 2. The summed E-state index contributed by atoms with van der Waals surface area (Å²) in [6.45, 7) is 4.34. The number of carbonyl (C=O) groups is 2. The van der Waals surface area contributed by atoms with Crippen LogP contribution >= 0.6 is 0 Å². The maximum absolute atomic E-state index is 12.7. The van der Waals surface area contributed by atoms with Gasteiger partial charge in [-0.15, -0.1) is 0 Å². The molecule has 6 heteroatoms. The second-order valence-corrected chi connectivity index (χ2v) is 9.81. The molecule has 202 valence electrons. The van der Waals surface area contributed by atoms with Crippen LogP contribution in [0.5, 0.6) is 11.5 Å². The van der Waals surface area contributed by atoms with Crippen LogP contribution in [0.4, 0.5) is 11.4 Å². The molecule has 2 amide bonds. The van der Waals surface area contributed by atoms with E-state index in [0.29, 0.717) is 11.4 Å². The molecule has 0 saturated carbocycles. The van der Waals surface area contributed by atoms with E-state index in [2.05, 4.69) is 24.5 Å². The van der Waals surface area contributed by atoms with Crippen LogP contribution in [0.1, 0.15) is 97.1 Å². The van der Waals surface area contributed by atoms with E-state index >= 15 is 0 Å². The van der Waals surface area contributed by atoms with Gasteiger partial charge >= 0.3 is 0 Å². The quantitative estimate of drug-likeness (QED) is 0.164. The summed E-state index contributed by atoms with van der Waals surface area (Å²) in [6, 6.07) is 17.1. The Bertz CT molecular complexity index is 1110. The Morgan fingerprint density at radius 1 is 0.579 bits per heavy atom. The van der Waals surface area contributed by atoms with E-state index in [9.17, 15) is 19.8 Å². The van der Waals surface area contributed by atoms with Crippen molar-refractivity contribution < 1.29 is 19.8 Å². The van der Waals surface area contributed by atoms with Crippen molar-refractivity contribution in [3.8, 4) is 11.5 Å². The number of benzene rings is 3. The summed E-state index contributed by atoms with van der Waals surface area (Å²) in [5.74, 6) is -0.884. The lowest BCUT2D eigenvalue weighted by molar-refractivity contribution is 0.101. The molecular formula is C32H40N2O4. The van der Waals surface area contributed by atoms with Gasteiger partial charge in [-0.3, -0.25) is 9.59 Å². The van der Waals surface area contributed by atoms with Gasteiger partial charge in [0.05, 0.1) is 11.1 Å². The first-order chi connectivity index (χ1) is 18.4. The van der Waals surface area contributed by atoms with E-state index in [1.165, 1.54) is 25.7 Å². The molecule has 0 fully saturated rings. The number of unbranched alkanes of at least 4 members (excludes halogenated alkanes) is 6. The summed E-state index contributed by atoms with van der Waals surface area (Å²) in [6.07, 6.45) is 10.9. The Kier molecular flexibility index (Phi) is 11.2. The lowest BCUT2D eigenvalue weighted by atomic mass is 10.0. The molecule has 0 aromatic heterocycles. The number of aryl methyl sites for hydroxylation is 2. The standard InChI is InChI=1S/C32H40N2O4/c1-3-5-7-9-11-23-13-19-27(29(35)21-23)31(37)33-25-15-17-26(18-16-25)34-32(38)28-20-14-24(22-30(28)36)12-10-8-6-4-2/h13-22,35-36H,3-12H2,1-2H3,(H,33,37)(H,34,38). The normalized spacial score (nSPS) is 10.8. The van der Waals surface area contributed by atoms with E-state index in [1.54, 1.807) is 48.5 Å². The molecule has 0 aliphatic carbocycles. The van der Waals surface area contributed by atoms with Gasteiger partial charge in [-0.25, -0.2) is 0 Å². The van der Waals surface area contributed by atoms with Crippen LogP contribution in [-0.2, 0) is 12.8 Å². The minimum absolute atomic E-state index is 0.0360. The Labute approximate surface area is 226 Å². The van der Waals surface area contributed by atoms with E-state index in [4.69, 9.17) is 0 Å². The van der Waals surface area contributed by atoms with Crippen LogP contribution in [0.15, 0.2) is 60.7 Å². The fraction of sp³-hybridized carbons (Fsp3) is 0.375. The maximum atomic E-state index is 12.7. The minimum Gasteiger partial charge on any atom is -0.507 e. The van der Waals surface area contributed by atoms with Crippen LogP contribution < -0.4 is 10.6 Å². The van der Waals surface area contributed by atoms with Crippen molar-refractivity contribution in [2.24, 2.45) is 0 Å². The number of carbonyl (C=O) groups excluding carboxylic acids is 2. The van der Waals surface area contributed by atoms with Crippen LogP contribution in [0.25, 0.3) is 0 Å². The molecular weight excluding hydrogens is 476 g/mol. The summed E-state index contributed by atoms with van der Waals surface area (Å²) in [5, 5.41) is 26.3. The SMILES string of the molecule is CCCCCCc1ccc(C(=O)Nc2ccc(NC(=O)c3ccc(CCCCCC)cc3O)cc2)c(O)c1.